The number of ketones is 2. The molecule has 0 amide bonds. The van der Waals surface area contributed by atoms with Gasteiger partial charge in [-0.3, -0.25) is 9.59 Å². The van der Waals surface area contributed by atoms with Crippen molar-refractivity contribution in [2.24, 2.45) is 0 Å². The van der Waals surface area contributed by atoms with Crippen LogP contribution >= 0.6 is 0 Å². The maximum atomic E-state index is 12.4. The van der Waals surface area contributed by atoms with Crippen molar-refractivity contribution in [2.45, 2.75) is 23.6 Å². The van der Waals surface area contributed by atoms with Gasteiger partial charge in [-0.2, -0.15) is 0 Å². The van der Waals surface area contributed by atoms with Gasteiger partial charge in [-0.25, -0.2) is 8.42 Å². The Morgan fingerprint density at radius 3 is 1.19 bits per heavy atom. The van der Waals surface area contributed by atoms with Crippen molar-refractivity contribution in [3.8, 4) is 0 Å². The molecule has 0 N–H and O–H groups in total. The minimum Gasteiger partial charge on any atom is -0.295 e. The van der Waals surface area contributed by atoms with Crippen LogP contribution < -0.4 is 0 Å². The maximum absolute atomic E-state index is 12.4. The summed E-state index contributed by atoms with van der Waals surface area (Å²) in [4.78, 5) is 22.6. The Bertz CT molecular complexity index is 722. The molecule has 0 heterocycles. The third kappa shape index (κ3) is 3.08. The Balaban J connectivity index is 2.41. The topological polar surface area (TPSA) is 68.3 Å². The Morgan fingerprint density at radius 1 is 0.667 bits per heavy atom. The molecular formula is C16H14O4S. The first-order valence-electron chi connectivity index (χ1n) is 6.29. The summed E-state index contributed by atoms with van der Waals surface area (Å²) in [7, 11) is -3.65. The fraction of sp³-hybridized carbons (Fsp3) is 0.125. The van der Waals surface area contributed by atoms with Gasteiger partial charge in [-0.05, 0) is 38.1 Å². The van der Waals surface area contributed by atoms with Crippen LogP contribution in [-0.4, -0.2) is 20.0 Å². The Labute approximate surface area is 123 Å². The van der Waals surface area contributed by atoms with Crippen LogP contribution in [0.1, 0.15) is 34.6 Å². The van der Waals surface area contributed by atoms with Crippen molar-refractivity contribution in [3.63, 3.8) is 0 Å². The Morgan fingerprint density at radius 2 is 0.952 bits per heavy atom. The molecule has 0 spiro atoms. The van der Waals surface area contributed by atoms with E-state index in [1.807, 2.05) is 0 Å². The van der Waals surface area contributed by atoms with Gasteiger partial charge in [0.15, 0.2) is 11.6 Å². The van der Waals surface area contributed by atoms with E-state index in [1.165, 1.54) is 62.4 Å². The second-order valence-corrected chi connectivity index (χ2v) is 6.61. The van der Waals surface area contributed by atoms with Crippen molar-refractivity contribution >= 4 is 21.4 Å². The summed E-state index contributed by atoms with van der Waals surface area (Å²) in [5, 5.41) is 0. The summed E-state index contributed by atoms with van der Waals surface area (Å²) in [6.45, 7) is 2.84. The Hall–Kier alpha value is -2.27. The number of rotatable bonds is 4. The summed E-state index contributed by atoms with van der Waals surface area (Å²) in [6.07, 6.45) is 0. The quantitative estimate of drug-likeness (QED) is 0.814. The smallest absolute Gasteiger partial charge is 0.206 e. The molecule has 0 atom stereocenters. The number of carbonyl (C=O) groups excluding carboxylic acids is 2. The van der Waals surface area contributed by atoms with Gasteiger partial charge in [0.1, 0.15) is 0 Å². The SMILES string of the molecule is CC(=O)c1ccc(S(=O)(=O)c2ccc(C(C)=O)cc2)cc1. The molecule has 21 heavy (non-hydrogen) atoms. The fourth-order valence-corrected chi connectivity index (χ4v) is 3.13. The molecule has 0 aliphatic heterocycles. The molecule has 0 radical (unpaired) electrons. The predicted octanol–water partition coefficient (Wildman–Crippen LogP) is 2.92. The molecular weight excluding hydrogens is 288 g/mol. The van der Waals surface area contributed by atoms with Gasteiger partial charge < -0.3 is 0 Å². The zero-order chi connectivity index (χ0) is 15.6. The molecule has 2 aromatic carbocycles. The lowest BCUT2D eigenvalue weighted by atomic mass is 10.1. The number of benzene rings is 2. The fourth-order valence-electron chi connectivity index (χ4n) is 1.87. The van der Waals surface area contributed by atoms with Crippen molar-refractivity contribution in [2.75, 3.05) is 0 Å². The van der Waals surface area contributed by atoms with Gasteiger partial charge >= 0.3 is 0 Å². The summed E-state index contributed by atoms with van der Waals surface area (Å²) in [5.74, 6) is -0.241. The first-order chi connectivity index (χ1) is 9.82. The zero-order valence-electron chi connectivity index (χ0n) is 11.7. The van der Waals surface area contributed by atoms with Gasteiger partial charge in [0.25, 0.3) is 0 Å². The molecule has 0 aliphatic carbocycles. The average Bonchev–Trinajstić information content (AvgIpc) is 2.47. The van der Waals surface area contributed by atoms with Crippen molar-refractivity contribution in [1.29, 1.82) is 0 Å². The summed E-state index contributed by atoms with van der Waals surface area (Å²) in [6, 6.07) is 11.6. The van der Waals surface area contributed by atoms with E-state index in [2.05, 4.69) is 0 Å². The normalized spacial score (nSPS) is 11.1. The third-order valence-electron chi connectivity index (χ3n) is 3.14. The van der Waals surface area contributed by atoms with E-state index in [4.69, 9.17) is 0 Å². The molecule has 108 valence electrons. The number of Topliss-reactive ketones (excluding diaryl/α,β-unsaturated/α-hetero) is 2. The average molecular weight is 302 g/mol. The summed E-state index contributed by atoms with van der Waals surface area (Å²) in [5.41, 5.74) is 0.918. The highest BCUT2D eigenvalue weighted by molar-refractivity contribution is 7.91. The molecule has 2 rings (SSSR count). The minimum absolute atomic E-state index is 0.114. The van der Waals surface area contributed by atoms with Crippen LogP contribution in [0.5, 0.6) is 0 Å². The standard InChI is InChI=1S/C16H14O4S/c1-11(17)13-3-7-15(8-4-13)21(19,20)16-9-5-14(6-10-16)12(2)18/h3-10H,1-2H3. The predicted molar refractivity (Wildman–Crippen MR) is 78.3 cm³/mol. The summed E-state index contributed by atoms with van der Waals surface area (Å²) >= 11 is 0. The monoisotopic (exact) mass is 302 g/mol. The molecule has 0 aliphatic rings. The van der Waals surface area contributed by atoms with E-state index in [-0.39, 0.29) is 21.4 Å². The van der Waals surface area contributed by atoms with Crippen molar-refractivity contribution in [3.05, 3.63) is 59.7 Å². The molecule has 2 aromatic rings. The number of hydrogen-bond donors (Lipinski definition) is 0. The lowest BCUT2D eigenvalue weighted by Crippen LogP contribution is -2.03. The molecule has 4 nitrogen and oxygen atoms in total. The highest BCUT2D eigenvalue weighted by Gasteiger charge is 2.18. The largest absolute Gasteiger partial charge is 0.295 e. The maximum Gasteiger partial charge on any atom is 0.206 e. The number of sulfone groups is 1. The first kappa shape index (κ1) is 15.1. The lowest BCUT2D eigenvalue weighted by molar-refractivity contribution is 0.100. The van der Waals surface area contributed by atoms with Gasteiger partial charge in [0, 0.05) is 11.1 Å². The molecule has 0 aromatic heterocycles. The first-order valence-corrected chi connectivity index (χ1v) is 7.78. The van der Waals surface area contributed by atoms with Crippen LogP contribution in [0.2, 0.25) is 0 Å². The zero-order valence-corrected chi connectivity index (χ0v) is 12.5. The van der Waals surface area contributed by atoms with E-state index in [0.29, 0.717) is 11.1 Å². The van der Waals surface area contributed by atoms with E-state index in [9.17, 15) is 18.0 Å². The van der Waals surface area contributed by atoms with Crippen LogP contribution in [0, 0.1) is 0 Å². The van der Waals surface area contributed by atoms with E-state index in [0.717, 1.165) is 0 Å². The molecule has 0 fully saturated rings. The summed E-state index contributed by atoms with van der Waals surface area (Å²) < 4.78 is 24.9. The molecule has 0 saturated heterocycles. The molecule has 5 heteroatoms. The third-order valence-corrected chi connectivity index (χ3v) is 4.93. The lowest BCUT2D eigenvalue weighted by Gasteiger charge is -2.06. The van der Waals surface area contributed by atoms with Gasteiger partial charge in [0.2, 0.25) is 9.84 Å². The van der Waals surface area contributed by atoms with Crippen LogP contribution in [0.4, 0.5) is 0 Å². The molecule has 0 unspecified atom stereocenters. The van der Waals surface area contributed by atoms with Gasteiger partial charge in [-0.1, -0.05) is 24.3 Å². The minimum atomic E-state index is -3.65. The van der Waals surface area contributed by atoms with Gasteiger partial charge in [-0.15, -0.1) is 0 Å². The van der Waals surface area contributed by atoms with Crippen LogP contribution in [0.25, 0.3) is 0 Å². The van der Waals surface area contributed by atoms with Crippen molar-refractivity contribution in [1.82, 2.24) is 0 Å². The molecule has 0 bridgehead atoms. The van der Waals surface area contributed by atoms with Crippen LogP contribution in [-0.2, 0) is 9.84 Å². The van der Waals surface area contributed by atoms with Gasteiger partial charge in [0.05, 0.1) is 9.79 Å². The van der Waals surface area contributed by atoms with E-state index in [1.54, 1.807) is 0 Å². The van der Waals surface area contributed by atoms with E-state index < -0.39 is 9.84 Å². The number of carbonyl (C=O) groups is 2. The highest BCUT2D eigenvalue weighted by Crippen LogP contribution is 2.21. The Kier molecular flexibility index (Phi) is 4.04. The van der Waals surface area contributed by atoms with Crippen LogP contribution in [0.15, 0.2) is 58.3 Å². The molecule has 0 saturated carbocycles. The van der Waals surface area contributed by atoms with Crippen molar-refractivity contribution < 1.29 is 18.0 Å². The second-order valence-electron chi connectivity index (χ2n) is 4.66. The number of hydrogen-bond acceptors (Lipinski definition) is 4. The van der Waals surface area contributed by atoms with E-state index >= 15 is 0 Å². The highest BCUT2D eigenvalue weighted by atomic mass is 32.2. The van der Waals surface area contributed by atoms with Crippen LogP contribution in [0.3, 0.4) is 0 Å². The second kappa shape index (κ2) is 5.61.